The lowest BCUT2D eigenvalue weighted by Crippen LogP contribution is -2.13. The molecule has 0 saturated carbocycles. The van der Waals surface area contributed by atoms with E-state index in [-0.39, 0.29) is 10.6 Å². The van der Waals surface area contributed by atoms with Gasteiger partial charge in [-0.3, -0.25) is 4.72 Å². The summed E-state index contributed by atoms with van der Waals surface area (Å²) in [5.41, 5.74) is 6.33. The number of halogens is 2. The van der Waals surface area contributed by atoms with Crippen LogP contribution in [0.15, 0.2) is 47.4 Å². The van der Waals surface area contributed by atoms with Gasteiger partial charge in [0.15, 0.2) is 0 Å². The number of nitrogens with one attached hydrogen (secondary N) is 1. The predicted octanol–water partition coefficient (Wildman–Crippen LogP) is 3.33. The molecule has 0 aliphatic heterocycles. The number of hydrogen-bond donors (Lipinski definition) is 2. The quantitative estimate of drug-likeness (QED) is 0.604. The average molecular weight is 409 g/mol. The van der Waals surface area contributed by atoms with Gasteiger partial charge in [-0.25, -0.2) is 8.42 Å². The molecule has 0 aromatic heterocycles. The highest BCUT2D eigenvalue weighted by atomic mass is 127. The van der Waals surface area contributed by atoms with Gasteiger partial charge in [-0.15, -0.1) is 0 Å². The maximum Gasteiger partial charge on any atom is 0.261 e. The summed E-state index contributed by atoms with van der Waals surface area (Å²) in [5.74, 6) is 0. The first-order valence-corrected chi connectivity index (χ1v) is 8.16. The normalized spacial score (nSPS) is 11.3. The van der Waals surface area contributed by atoms with Crippen molar-refractivity contribution in [3.63, 3.8) is 0 Å². The summed E-state index contributed by atoms with van der Waals surface area (Å²) < 4.78 is 27.8. The van der Waals surface area contributed by atoms with E-state index in [0.717, 1.165) is 3.57 Å². The summed E-state index contributed by atoms with van der Waals surface area (Å²) >= 11 is 7.91. The molecule has 0 radical (unpaired) electrons. The van der Waals surface area contributed by atoms with Crippen molar-refractivity contribution >= 4 is 55.6 Å². The third kappa shape index (κ3) is 3.52. The minimum Gasteiger partial charge on any atom is -0.397 e. The molecule has 0 aliphatic carbocycles. The minimum absolute atomic E-state index is 0.0768. The Balaban J connectivity index is 2.32. The molecule has 2 aromatic carbocycles. The molecule has 0 heterocycles. The van der Waals surface area contributed by atoms with E-state index in [1.54, 1.807) is 12.1 Å². The van der Waals surface area contributed by atoms with E-state index in [2.05, 4.69) is 27.3 Å². The van der Waals surface area contributed by atoms with Gasteiger partial charge in [0.05, 0.1) is 15.6 Å². The number of benzene rings is 2. The summed E-state index contributed by atoms with van der Waals surface area (Å²) in [7, 11) is -3.66. The van der Waals surface area contributed by atoms with Crippen molar-refractivity contribution in [2.45, 2.75) is 4.90 Å². The van der Waals surface area contributed by atoms with Crippen LogP contribution in [0.25, 0.3) is 0 Å². The smallest absolute Gasteiger partial charge is 0.261 e. The van der Waals surface area contributed by atoms with Crippen LogP contribution >= 0.6 is 34.2 Å². The van der Waals surface area contributed by atoms with Crippen LogP contribution in [0.1, 0.15) is 0 Å². The predicted molar refractivity (Wildman–Crippen MR) is 85.8 cm³/mol. The van der Waals surface area contributed by atoms with Crippen LogP contribution in [0.2, 0.25) is 5.02 Å². The molecule has 0 bridgehead atoms. The van der Waals surface area contributed by atoms with Crippen molar-refractivity contribution in [2.75, 3.05) is 10.5 Å². The second kappa shape index (κ2) is 5.56. The van der Waals surface area contributed by atoms with Crippen LogP contribution in [0.3, 0.4) is 0 Å². The SMILES string of the molecule is Nc1cc(S(=O)(=O)Nc2ccc(I)cc2)ccc1Cl. The van der Waals surface area contributed by atoms with Crippen LogP contribution in [0.5, 0.6) is 0 Å². The molecule has 0 saturated heterocycles. The van der Waals surface area contributed by atoms with Gasteiger partial charge in [-0.05, 0) is 65.1 Å². The first-order valence-electron chi connectivity index (χ1n) is 5.22. The van der Waals surface area contributed by atoms with E-state index in [0.29, 0.717) is 10.7 Å². The molecule has 0 fully saturated rings. The second-order valence-electron chi connectivity index (χ2n) is 3.80. The molecule has 0 aliphatic rings. The molecule has 0 atom stereocenters. The number of nitrogen functional groups attached to an aromatic ring is 1. The Hall–Kier alpha value is -0.990. The van der Waals surface area contributed by atoms with Crippen LogP contribution in [0, 0.1) is 3.57 Å². The maximum absolute atomic E-state index is 12.1. The van der Waals surface area contributed by atoms with Gasteiger partial charge < -0.3 is 5.73 Å². The summed E-state index contributed by atoms with van der Waals surface area (Å²) in [6.07, 6.45) is 0. The highest BCUT2D eigenvalue weighted by molar-refractivity contribution is 14.1. The van der Waals surface area contributed by atoms with Gasteiger partial charge in [0.25, 0.3) is 10.0 Å². The average Bonchev–Trinajstić information content (AvgIpc) is 2.35. The fraction of sp³-hybridized carbons (Fsp3) is 0. The molecular formula is C12H10ClIN2O2S. The van der Waals surface area contributed by atoms with Crippen molar-refractivity contribution in [2.24, 2.45) is 0 Å². The molecule has 0 unspecified atom stereocenters. The molecule has 0 spiro atoms. The molecular weight excluding hydrogens is 399 g/mol. The summed E-state index contributed by atoms with van der Waals surface area (Å²) in [6.45, 7) is 0. The van der Waals surface area contributed by atoms with E-state index >= 15 is 0 Å². The fourth-order valence-corrected chi connectivity index (χ4v) is 2.99. The minimum atomic E-state index is -3.66. The zero-order valence-electron chi connectivity index (χ0n) is 9.60. The van der Waals surface area contributed by atoms with Crippen molar-refractivity contribution < 1.29 is 8.42 Å². The number of anilines is 2. The number of rotatable bonds is 3. The highest BCUT2D eigenvalue weighted by Crippen LogP contribution is 2.24. The second-order valence-corrected chi connectivity index (χ2v) is 7.13. The number of sulfonamides is 1. The highest BCUT2D eigenvalue weighted by Gasteiger charge is 2.15. The van der Waals surface area contributed by atoms with Crippen molar-refractivity contribution in [1.29, 1.82) is 0 Å². The van der Waals surface area contributed by atoms with Gasteiger partial charge in [-0.1, -0.05) is 11.6 Å². The lowest BCUT2D eigenvalue weighted by molar-refractivity contribution is 0.601. The number of hydrogen-bond acceptors (Lipinski definition) is 3. The van der Waals surface area contributed by atoms with E-state index in [4.69, 9.17) is 17.3 Å². The Morgan fingerprint density at radius 1 is 1.11 bits per heavy atom. The number of nitrogens with two attached hydrogens (primary N) is 1. The van der Waals surface area contributed by atoms with Gasteiger partial charge in [0.1, 0.15) is 0 Å². The van der Waals surface area contributed by atoms with Crippen LogP contribution in [-0.4, -0.2) is 8.42 Å². The van der Waals surface area contributed by atoms with Gasteiger partial charge >= 0.3 is 0 Å². The van der Waals surface area contributed by atoms with E-state index in [1.165, 1.54) is 18.2 Å². The Morgan fingerprint density at radius 3 is 2.32 bits per heavy atom. The van der Waals surface area contributed by atoms with Crippen LogP contribution in [-0.2, 0) is 10.0 Å². The topological polar surface area (TPSA) is 72.2 Å². The fourth-order valence-electron chi connectivity index (χ4n) is 1.42. The van der Waals surface area contributed by atoms with Crippen LogP contribution < -0.4 is 10.5 Å². The lowest BCUT2D eigenvalue weighted by atomic mass is 10.3. The first kappa shape index (κ1) is 14.4. The summed E-state index contributed by atoms with van der Waals surface area (Å²) in [5, 5.41) is 0.327. The molecule has 2 aromatic rings. The zero-order valence-corrected chi connectivity index (χ0v) is 13.3. The molecule has 19 heavy (non-hydrogen) atoms. The third-order valence-corrected chi connectivity index (χ3v) is 4.82. The Morgan fingerprint density at radius 2 is 1.74 bits per heavy atom. The molecule has 2 rings (SSSR count). The molecule has 7 heteroatoms. The van der Waals surface area contributed by atoms with Crippen molar-refractivity contribution in [3.05, 3.63) is 51.1 Å². The molecule has 3 N–H and O–H groups in total. The van der Waals surface area contributed by atoms with Gasteiger partial charge in [0, 0.05) is 9.26 Å². The largest absolute Gasteiger partial charge is 0.397 e. The lowest BCUT2D eigenvalue weighted by Gasteiger charge is -2.09. The third-order valence-electron chi connectivity index (χ3n) is 2.37. The molecule has 0 amide bonds. The maximum atomic E-state index is 12.1. The molecule has 4 nitrogen and oxygen atoms in total. The standard InChI is InChI=1S/C12H10ClIN2O2S/c13-11-6-5-10(7-12(11)15)19(17,18)16-9-3-1-8(14)2-4-9/h1-7,16H,15H2. The van der Waals surface area contributed by atoms with E-state index < -0.39 is 10.0 Å². The van der Waals surface area contributed by atoms with E-state index in [1.807, 2.05) is 12.1 Å². The van der Waals surface area contributed by atoms with Crippen molar-refractivity contribution in [1.82, 2.24) is 0 Å². The van der Waals surface area contributed by atoms with Crippen molar-refractivity contribution in [3.8, 4) is 0 Å². The Bertz CT molecular complexity index is 702. The Kier molecular flexibility index (Phi) is 4.22. The first-order chi connectivity index (χ1) is 8.88. The van der Waals surface area contributed by atoms with E-state index in [9.17, 15) is 8.42 Å². The zero-order chi connectivity index (χ0) is 14.0. The van der Waals surface area contributed by atoms with Gasteiger partial charge in [0.2, 0.25) is 0 Å². The summed E-state index contributed by atoms with van der Waals surface area (Å²) in [4.78, 5) is 0.0768. The monoisotopic (exact) mass is 408 g/mol. The molecule has 100 valence electrons. The summed E-state index contributed by atoms with van der Waals surface area (Å²) in [6, 6.07) is 11.2. The van der Waals surface area contributed by atoms with Crippen LogP contribution in [0.4, 0.5) is 11.4 Å². The Labute approximate surface area is 130 Å². The van der Waals surface area contributed by atoms with Gasteiger partial charge in [-0.2, -0.15) is 0 Å².